The van der Waals surface area contributed by atoms with E-state index in [1.54, 1.807) is 6.92 Å². The van der Waals surface area contributed by atoms with Crippen molar-refractivity contribution in [2.75, 3.05) is 0 Å². The lowest BCUT2D eigenvalue weighted by molar-refractivity contribution is -0.268. The summed E-state index contributed by atoms with van der Waals surface area (Å²) in [5, 5.41) is 29.2. The molecular formula is C14H16O6. The van der Waals surface area contributed by atoms with Crippen LogP contribution in [0.1, 0.15) is 35.7 Å². The summed E-state index contributed by atoms with van der Waals surface area (Å²) < 4.78 is 11.1. The second kappa shape index (κ2) is 4.36. The molecule has 0 aromatic heterocycles. The SMILES string of the molecule is CC1CC(O)CC2(Cc3cc(O)cc(O)c3C(=O)O2)O1. The van der Waals surface area contributed by atoms with Crippen molar-refractivity contribution in [3.63, 3.8) is 0 Å². The van der Waals surface area contributed by atoms with Crippen LogP contribution in [0, 0.1) is 0 Å². The minimum absolute atomic E-state index is 0.0461. The number of phenols is 2. The number of hydrogen-bond acceptors (Lipinski definition) is 6. The van der Waals surface area contributed by atoms with Gasteiger partial charge in [-0.15, -0.1) is 0 Å². The highest BCUT2D eigenvalue weighted by Crippen LogP contribution is 2.41. The summed E-state index contributed by atoms with van der Waals surface area (Å²) in [5.74, 6) is -2.37. The van der Waals surface area contributed by atoms with Crippen molar-refractivity contribution in [3.8, 4) is 11.5 Å². The summed E-state index contributed by atoms with van der Waals surface area (Å²) in [6, 6.07) is 2.50. The van der Waals surface area contributed by atoms with Crippen molar-refractivity contribution in [3.05, 3.63) is 23.3 Å². The largest absolute Gasteiger partial charge is 0.508 e. The topological polar surface area (TPSA) is 96.2 Å². The van der Waals surface area contributed by atoms with Crippen molar-refractivity contribution >= 4 is 5.97 Å². The van der Waals surface area contributed by atoms with Gasteiger partial charge >= 0.3 is 5.97 Å². The Bertz CT molecular complexity index is 557. The van der Waals surface area contributed by atoms with Crippen molar-refractivity contribution in [2.45, 2.75) is 44.2 Å². The fraction of sp³-hybridized carbons (Fsp3) is 0.500. The van der Waals surface area contributed by atoms with Crippen molar-refractivity contribution < 1.29 is 29.6 Å². The second-order valence-electron chi connectivity index (χ2n) is 5.50. The number of esters is 1. The van der Waals surface area contributed by atoms with Crippen LogP contribution in [0.3, 0.4) is 0 Å². The number of carbonyl (C=O) groups excluding carboxylic acids is 1. The van der Waals surface area contributed by atoms with Gasteiger partial charge in [0.15, 0.2) is 0 Å². The number of fused-ring (bicyclic) bond motifs is 1. The standard InChI is InChI=1S/C14H16O6/c1-7-2-10(16)6-14(19-7)5-8-3-9(15)4-11(17)12(8)13(18)20-14/h3-4,7,10,15-17H,2,5-6H2,1H3. The molecule has 3 rings (SSSR count). The number of aliphatic hydroxyl groups is 1. The number of carbonyl (C=O) groups is 1. The zero-order chi connectivity index (χ0) is 14.5. The van der Waals surface area contributed by atoms with Gasteiger partial charge in [-0.1, -0.05) is 0 Å². The monoisotopic (exact) mass is 280 g/mol. The van der Waals surface area contributed by atoms with Crippen LogP contribution >= 0.6 is 0 Å². The van der Waals surface area contributed by atoms with Crippen LogP contribution in [-0.4, -0.2) is 39.3 Å². The number of ether oxygens (including phenoxy) is 2. The van der Waals surface area contributed by atoms with Crippen molar-refractivity contribution in [1.82, 2.24) is 0 Å². The molecule has 0 aliphatic carbocycles. The van der Waals surface area contributed by atoms with Gasteiger partial charge in [0.05, 0.1) is 12.2 Å². The molecule has 108 valence electrons. The van der Waals surface area contributed by atoms with Gasteiger partial charge in [0, 0.05) is 18.9 Å². The van der Waals surface area contributed by atoms with Gasteiger partial charge in [0.25, 0.3) is 0 Å². The maximum atomic E-state index is 12.1. The molecule has 0 radical (unpaired) electrons. The normalized spacial score (nSPS) is 32.8. The molecule has 1 saturated heterocycles. The average molecular weight is 280 g/mol. The van der Waals surface area contributed by atoms with Crippen LogP contribution in [0.2, 0.25) is 0 Å². The summed E-state index contributed by atoms with van der Waals surface area (Å²) >= 11 is 0. The molecule has 6 heteroatoms. The summed E-state index contributed by atoms with van der Waals surface area (Å²) in [6.07, 6.45) is 0.00592. The van der Waals surface area contributed by atoms with Crippen molar-refractivity contribution in [1.29, 1.82) is 0 Å². The van der Waals surface area contributed by atoms with E-state index >= 15 is 0 Å². The van der Waals surface area contributed by atoms with E-state index in [-0.39, 0.29) is 36.0 Å². The molecule has 0 bridgehead atoms. The molecule has 1 fully saturated rings. The lowest BCUT2D eigenvalue weighted by Gasteiger charge is -2.43. The van der Waals surface area contributed by atoms with E-state index in [9.17, 15) is 20.1 Å². The Labute approximate surface area is 115 Å². The highest BCUT2D eigenvalue weighted by atomic mass is 16.7. The quantitative estimate of drug-likeness (QED) is 0.615. The van der Waals surface area contributed by atoms with E-state index in [4.69, 9.17) is 9.47 Å². The lowest BCUT2D eigenvalue weighted by atomic mass is 9.89. The summed E-state index contributed by atoms with van der Waals surface area (Å²) in [4.78, 5) is 12.1. The average Bonchev–Trinajstić information content (AvgIpc) is 2.23. The third-order valence-electron chi connectivity index (χ3n) is 3.69. The minimum atomic E-state index is -1.22. The molecule has 2 aliphatic rings. The first kappa shape index (κ1) is 13.2. The molecule has 20 heavy (non-hydrogen) atoms. The van der Waals surface area contributed by atoms with Gasteiger partial charge in [0.1, 0.15) is 17.1 Å². The smallest absolute Gasteiger partial charge is 0.344 e. The van der Waals surface area contributed by atoms with Gasteiger partial charge in [-0.3, -0.25) is 0 Å². The lowest BCUT2D eigenvalue weighted by Crippen LogP contribution is -2.52. The van der Waals surface area contributed by atoms with E-state index in [1.807, 2.05) is 0 Å². The Morgan fingerprint density at radius 2 is 2.10 bits per heavy atom. The molecule has 2 aliphatic heterocycles. The van der Waals surface area contributed by atoms with Gasteiger partial charge in [-0.25, -0.2) is 4.79 Å². The number of rotatable bonds is 0. The third kappa shape index (κ3) is 2.10. The summed E-state index contributed by atoms with van der Waals surface area (Å²) in [6.45, 7) is 1.80. The molecule has 3 atom stereocenters. The minimum Gasteiger partial charge on any atom is -0.508 e. The maximum Gasteiger partial charge on any atom is 0.344 e. The van der Waals surface area contributed by atoms with E-state index in [2.05, 4.69) is 0 Å². The van der Waals surface area contributed by atoms with Gasteiger partial charge < -0.3 is 24.8 Å². The van der Waals surface area contributed by atoms with Gasteiger partial charge in [0.2, 0.25) is 5.79 Å². The Morgan fingerprint density at radius 3 is 2.80 bits per heavy atom. The first-order chi connectivity index (χ1) is 9.38. The fourth-order valence-electron chi connectivity index (χ4n) is 3.06. The number of aromatic hydroxyl groups is 2. The zero-order valence-corrected chi connectivity index (χ0v) is 11.0. The van der Waals surface area contributed by atoms with Crippen LogP contribution in [0.15, 0.2) is 12.1 Å². The highest BCUT2D eigenvalue weighted by molar-refractivity contribution is 5.95. The van der Waals surface area contributed by atoms with Crippen LogP contribution in [0.5, 0.6) is 11.5 Å². The van der Waals surface area contributed by atoms with Gasteiger partial charge in [-0.05, 0) is 25.0 Å². The molecule has 1 spiro atoms. The van der Waals surface area contributed by atoms with E-state index in [1.165, 1.54) is 6.07 Å². The molecule has 0 amide bonds. The predicted molar refractivity (Wildman–Crippen MR) is 67.4 cm³/mol. The maximum absolute atomic E-state index is 12.1. The van der Waals surface area contributed by atoms with Crippen molar-refractivity contribution in [2.24, 2.45) is 0 Å². The Morgan fingerprint density at radius 1 is 1.35 bits per heavy atom. The van der Waals surface area contributed by atoms with Crippen LogP contribution in [-0.2, 0) is 15.9 Å². The number of phenolic OH excluding ortho intramolecular Hbond substituents is 2. The molecule has 2 heterocycles. The molecule has 3 unspecified atom stereocenters. The van der Waals surface area contributed by atoms with Gasteiger partial charge in [-0.2, -0.15) is 0 Å². The molecule has 0 saturated carbocycles. The van der Waals surface area contributed by atoms with E-state index in [0.29, 0.717) is 12.0 Å². The zero-order valence-electron chi connectivity index (χ0n) is 11.0. The highest BCUT2D eigenvalue weighted by Gasteiger charge is 2.47. The van der Waals surface area contributed by atoms with Crippen LogP contribution < -0.4 is 0 Å². The fourth-order valence-corrected chi connectivity index (χ4v) is 3.06. The number of hydrogen-bond donors (Lipinski definition) is 3. The molecule has 6 nitrogen and oxygen atoms in total. The molecule has 1 aromatic carbocycles. The van der Waals surface area contributed by atoms with Crippen LogP contribution in [0.25, 0.3) is 0 Å². The number of aliphatic hydroxyl groups excluding tert-OH is 1. The van der Waals surface area contributed by atoms with E-state index < -0.39 is 17.9 Å². The summed E-state index contributed by atoms with van der Waals surface area (Å²) in [7, 11) is 0. The third-order valence-corrected chi connectivity index (χ3v) is 3.69. The van der Waals surface area contributed by atoms with Crippen LogP contribution in [0.4, 0.5) is 0 Å². The predicted octanol–water partition coefficient (Wildman–Crippen LogP) is 1.07. The Hall–Kier alpha value is -1.79. The molecular weight excluding hydrogens is 264 g/mol. The first-order valence-electron chi connectivity index (χ1n) is 6.53. The first-order valence-corrected chi connectivity index (χ1v) is 6.53. The second-order valence-corrected chi connectivity index (χ2v) is 5.50. The Balaban J connectivity index is 2.02. The van der Waals surface area contributed by atoms with E-state index in [0.717, 1.165) is 6.07 Å². The molecule has 3 N–H and O–H groups in total. The summed E-state index contributed by atoms with van der Waals surface area (Å²) in [5.41, 5.74) is 0.504. The Kier molecular flexibility index (Phi) is 2.88. The number of benzene rings is 1. The molecule has 1 aromatic rings.